The summed E-state index contributed by atoms with van der Waals surface area (Å²) in [6.45, 7) is 6.05. The number of hydrogen-bond acceptors (Lipinski definition) is 4. The van der Waals surface area contributed by atoms with E-state index in [-0.39, 0.29) is 22.4 Å². The quantitative estimate of drug-likeness (QED) is 0.419. The van der Waals surface area contributed by atoms with Crippen molar-refractivity contribution in [3.05, 3.63) is 101 Å². The maximum Gasteiger partial charge on any atom is 0.251 e. The van der Waals surface area contributed by atoms with Crippen molar-refractivity contribution in [3.63, 3.8) is 0 Å². The molecule has 0 saturated heterocycles. The van der Waals surface area contributed by atoms with Crippen molar-refractivity contribution in [1.82, 2.24) is 10.2 Å². The molecule has 3 aromatic rings. The SMILES string of the molecule is CCCN(Cc1ccc(C(=O)NCc2ccc(S(=O)(=O)CC)cc2)cc1)Cc1ccccc1F. The molecule has 5 nitrogen and oxygen atoms in total. The van der Waals surface area contributed by atoms with Crippen molar-refractivity contribution in [2.45, 2.75) is 44.8 Å². The highest BCUT2D eigenvalue weighted by Crippen LogP contribution is 2.15. The number of rotatable bonds is 11. The Bertz CT molecular complexity index is 1190. The van der Waals surface area contributed by atoms with Crippen LogP contribution in [0, 0.1) is 5.82 Å². The number of halogens is 1. The van der Waals surface area contributed by atoms with E-state index in [1.54, 1.807) is 49.4 Å². The monoisotopic (exact) mass is 482 g/mol. The summed E-state index contributed by atoms with van der Waals surface area (Å²) in [6, 6.07) is 20.8. The molecular formula is C27H31FN2O3S. The molecule has 1 amide bonds. The van der Waals surface area contributed by atoms with Gasteiger partial charge >= 0.3 is 0 Å². The van der Waals surface area contributed by atoms with Crippen LogP contribution in [0.5, 0.6) is 0 Å². The normalized spacial score (nSPS) is 11.5. The molecule has 3 rings (SSSR count). The van der Waals surface area contributed by atoms with Crippen LogP contribution in [0.25, 0.3) is 0 Å². The Morgan fingerprint density at radius 1 is 0.882 bits per heavy atom. The van der Waals surface area contributed by atoms with E-state index in [2.05, 4.69) is 17.1 Å². The molecule has 0 saturated carbocycles. The molecule has 7 heteroatoms. The van der Waals surface area contributed by atoms with Crippen LogP contribution in [0.15, 0.2) is 77.7 Å². The van der Waals surface area contributed by atoms with Crippen molar-refractivity contribution < 1.29 is 17.6 Å². The maximum atomic E-state index is 14.1. The predicted molar refractivity (Wildman–Crippen MR) is 133 cm³/mol. The molecular weight excluding hydrogens is 451 g/mol. The topological polar surface area (TPSA) is 66.5 Å². The summed E-state index contributed by atoms with van der Waals surface area (Å²) in [7, 11) is -3.24. The third-order valence-electron chi connectivity index (χ3n) is 5.63. The Labute approximate surface area is 201 Å². The number of carbonyl (C=O) groups excluding carboxylic acids is 1. The Morgan fingerprint density at radius 2 is 1.53 bits per heavy atom. The Kier molecular flexibility index (Phi) is 8.96. The van der Waals surface area contributed by atoms with Crippen LogP contribution in [0.1, 0.15) is 47.3 Å². The summed E-state index contributed by atoms with van der Waals surface area (Å²) in [4.78, 5) is 15.0. The van der Waals surface area contributed by atoms with Crippen LogP contribution in [-0.2, 0) is 29.5 Å². The van der Waals surface area contributed by atoms with Gasteiger partial charge in [0.1, 0.15) is 5.82 Å². The van der Waals surface area contributed by atoms with Crippen LogP contribution in [0.3, 0.4) is 0 Å². The standard InChI is InChI=1S/C27H31FN2O3S/c1-3-17-30(20-24-7-5-6-8-26(24)28)19-22-9-13-23(14-10-22)27(31)29-18-21-11-15-25(16-12-21)34(32,33)4-2/h5-16H,3-4,17-20H2,1-2H3,(H,29,31). The minimum atomic E-state index is -3.24. The van der Waals surface area contributed by atoms with Crippen LogP contribution in [0.2, 0.25) is 0 Å². The molecule has 0 radical (unpaired) electrons. The van der Waals surface area contributed by atoms with E-state index in [9.17, 15) is 17.6 Å². The zero-order valence-electron chi connectivity index (χ0n) is 19.6. The summed E-state index contributed by atoms with van der Waals surface area (Å²) >= 11 is 0. The Morgan fingerprint density at radius 3 is 2.15 bits per heavy atom. The van der Waals surface area contributed by atoms with Crippen molar-refractivity contribution in [2.75, 3.05) is 12.3 Å². The van der Waals surface area contributed by atoms with E-state index in [4.69, 9.17) is 0 Å². The lowest BCUT2D eigenvalue weighted by Gasteiger charge is -2.22. The lowest BCUT2D eigenvalue weighted by Crippen LogP contribution is -2.25. The summed E-state index contributed by atoms with van der Waals surface area (Å²) < 4.78 is 37.9. The minimum absolute atomic E-state index is 0.0540. The highest BCUT2D eigenvalue weighted by molar-refractivity contribution is 7.91. The molecule has 0 aliphatic heterocycles. The van der Waals surface area contributed by atoms with Crippen LogP contribution < -0.4 is 5.32 Å². The second kappa shape index (κ2) is 11.9. The first-order chi connectivity index (χ1) is 16.3. The van der Waals surface area contributed by atoms with E-state index >= 15 is 0 Å². The number of amides is 1. The molecule has 180 valence electrons. The molecule has 0 aliphatic carbocycles. The second-order valence-corrected chi connectivity index (χ2v) is 10.5. The largest absolute Gasteiger partial charge is 0.348 e. The van der Waals surface area contributed by atoms with Gasteiger partial charge in [0, 0.05) is 30.8 Å². The second-order valence-electron chi connectivity index (χ2n) is 8.23. The fourth-order valence-corrected chi connectivity index (χ4v) is 4.57. The predicted octanol–water partition coefficient (Wildman–Crippen LogP) is 4.96. The van der Waals surface area contributed by atoms with Gasteiger partial charge in [-0.15, -0.1) is 0 Å². The molecule has 0 aliphatic rings. The Balaban J connectivity index is 1.57. The van der Waals surface area contributed by atoms with Gasteiger partial charge in [0.25, 0.3) is 5.91 Å². The maximum absolute atomic E-state index is 14.1. The molecule has 0 spiro atoms. The number of nitrogens with one attached hydrogen (secondary N) is 1. The smallest absolute Gasteiger partial charge is 0.251 e. The van der Waals surface area contributed by atoms with Crippen LogP contribution in [-0.4, -0.2) is 31.5 Å². The fourth-order valence-electron chi connectivity index (χ4n) is 3.68. The number of nitrogens with zero attached hydrogens (tertiary/aromatic N) is 1. The van der Waals surface area contributed by atoms with Crippen LogP contribution in [0.4, 0.5) is 4.39 Å². The van der Waals surface area contributed by atoms with E-state index in [1.165, 1.54) is 6.07 Å². The van der Waals surface area contributed by atoms with Gasteiger partial charge in [-0.1, -0.05) is 56.3 Å². The van der Waals surface area contributed by atoms with Gasteiger partial charge < -0.3 is 5.32 Å². The first kappa shape index (κ1) is 25.6. The average Bonchev–Trinajstić information content (AvgIpc) is 2.85. The summed E-state index contributed by atoms with van der Waals surface area (Å²) in [5, 5.41) is 2.87. The summed E-state index contributed by atoms with van der Waals surface area (Å²) in [5.74, 6) is -0.343. The summed E-state index contributed by atoms with van der Waals surface area (Å²) in [5.41, 5.74) is 3.09. The van der Waals surface area contributed by atoms with Crippen molar-refractivity contribution in [1.29, 1.82) is 0 Å². The zero-order valence-corrected chi connectivity index (χ0v) is 20.4. The van der Waals surface area contributed by atoms with Gasteiger partial charge in [-0.25, -0.2) is 12.8 Å². The minimum Gasteiger partial charge on any atom is -0.348 e. The molecule has 34 heavy (non-hydrogen) atoms. The average molecular weight is 483 g/mol. The Hall–Kier alpha value is -3.03. The first-order valence-corrected chi connectivity index (χ1v) is 13.1. The number of carbonyl (C=O) groups is 1. The third-order valence-corrected chi connectivity index (χ3v) is 7.38. The van der Waals surface area contributed by atoms with Gasteiger partial charge in [0.2, 0.25) is 0 Å². The highest BCUT2D eigenvalue weighted by Gasteiger charge is 2.12. The lowest BCUT2D eigenvalue weighted by atomic mass is 10.1. The molecule has 0 bridgehead atoms. The molecule has 0 fully saturated rings. The van der Waals surface area contributed by atoms with E-state index in [0.717, 1.165) is 24.1 Å². The highest BCUT2D eigenvalue weighted by atomic mass is 32.2. The third kappa shape index (κ3) is 6.98. The molecule has 0 unspecified atom stereocenters. The number of sulfone groups is 1. The van der Waals surface area contributed by atoms with E-state index in [1.807, 2.05) is 24.3 Å². The molecule has 0 aromatic heterocycles. The van der Waals surface area contributed by atoms with Crippen molar-refractivity contribution in [3.8, 4) is 0 Å². The lowest BCUT2D eigenvalue weighted by molar-refractivity contribution is 0.0951. The molecule has 1 N–H and O–H groups in total. The fraction of sp³-hybridized carbons (Fsp3) is 0.296. The van der Waals surface area contributed by atoms with Gasteiger partial charge in [0.05, 0.1) is 10.6 Å². The van der Waals surface area contributed by atoms with Crippen molar-refractivity contribution >= 4 is 15.7 Å². The van der Waals surface area contributed by atoms with Gasteiger partial charge in [-0.2, -0.15) is 0 Å². The number of hydrogen-bond donors (Lipinski definition) is 1. The van der Waals surface area contributed by atoms with Crippen LogP contribution >= 0.6 is 0 Å². The van der Waals surface area contributed by atoms with Gasteiger partial charge in [0.15, 0.2) is 9.84 Å². The van der Waals surface area contributed by atoms with Gasteiger partial charge in [-0.3, -0.25) is 9.69 Å². The zero-order chi connectivity index (χ0) is 24.6. The van der Waals surface area contributed by atoms with E-state index in [0.29, 0.717) is 30.8 Å². The van der Waals surface area contributed by atoms with Gasteiger partial charge in [-0.05, 0) is 54.4 Å². The number of benzene rings is 3. The first-order valence-electron chi connectivity index (χ1n) is 11.5. The summed E-state index contributed by atoms with van der Waals surface area (Å²) in [6.07, 6.45) is 0.959. The van der Waals surface area contributed by atoms with E-state index < -0.39 is 9.84 Å². The van der Waals surface area contributed by atoms with Crippen molar-refractivity contribution in [2.24, 2.45) is 0 Å². The molecule has 0 atom stereocenters. The molecule has 0 heterocycles. The molecule has 3 aromatic carbocycles.